The first-order valence-corrected chi connectivity index (χ1v) is 14.2. The second-order valence-electron chi connectivity index (χ2n) is 11.3. The molecule has 2 unspecified atom stereocenters. The van der Waals surface area contributed by atoms with Crippen molar-refractivity contribution in [2.75, 3.05) is 13.7 Å². The Hall–Kier alpha value is -3.95. The van der Waals surface area contributed by atoms with Gasteiger partial charge in [0.1, 0.15) is 6.61 Å². The van der Waals surface area contributed by atoms with Crippen molar-refractivity contribution >= 4 is 23.6 Å². The fraction of sp³-hybridized carbons (Fsp3) is 0.500. The van der Waals surface area contributed by atoms with E-state index in [2.05, 4.69) is 10.6 Å². The second-order valence-corrected chi connectivity index (χ2v) is 11.3. The molecule has 0 spiro atoms. The van der Waals surface area contributed by atoms with Crippen LogP contribution in [-0.4, -0.2) is 46.2 Å². The number of methoxy groups -OCH3 is 1. The maximum atomic E-state index is 13.0. The predicted octanol–water partition coefficient (Wildman–Crippen LogP) is 3.74. The molecule has 3 heterocycles. The van der Waals surface area contributed by atoms with Crippen LogP contribution in [0.15, 0.2) is 48.7 Å². The summed E-state index contributed by atoms with van der Waals surface area (Å²) in [5, 5.41) is 10.7. The Morgan fingerprint density at radius 1 is 1.12 bits per heavy atom. The molecule has 2 aliphatic carbocycles. The third-order valence-electron chi connectivity index (χ3n) is 8.48. The van der Waals surface area contributed by atoms with Crippen LogP contribution >= 0.6 is 0 Å². The van der Waals surface area contributed by atoms with E-state index in [1.165, 1.54) is 7.11 Å². The number of alkyl carbamates (subject to hydrolysis) is 1. The SMILES string of the molecule is COC(=O)C1(Cc2ccc3nc(C(NC(=O)OCc4ccccc4)C(C4CC4)C4CC4)cn3n2)CCCNC1=O. The monoisotopic (exact) mass is 545 g/mol. The number of hydrogen-bond donors (Lipinski definition) is 2. The maximum absolute atomic E-state index is 13.0. The van der Waals surface area contributed by atoms with Crippen LogP contribution in [0.4, 0.5) is 4.79 Å². The molecule has 10 nitrogen and oxygen atoms in total. The van der Waals surface area contributed by atoms with Crippen LogP contribution in [-0.2, 0) is 32.1 Å². The van der Waals surface area contributed by atoms with E-state index < -0.39 is 17.5 Å². The Labute approximate surface area is 232 Å². The summed E-state index contributed by atoms with van der Waals surface area (Å²) in [6, 6.07) is 13.0. The number of nitrogens with zero attached hydrogens (tertiary/aromatic N) is 3. The van der Waals surface area contributed by atoms with E-state index in [1.54, 1.807) is 10.6 Å². The smallest absolute Gasteiger partial charge is 0.408 e. The van der Waals surface area contributed by atoms with Crippen molar-refractivity contribution in [2.45, 2.75) is 57.6 Å². The minimum atomic E-state index is -1.30. The number of hydrogen-bond acceptors (Lipinski definition) is 7. The number of nitrogens with one attached hydrogen (secondary N) is 2. The van der Waals surface area contributed by atoms with Crippen LogP contribution < -0.4 is 10.6 Å². The lowest BCUT2D eigenvalue weighted by atomic mass is 9.76. The van der Waals surface area contributed by atoms with Gasteiger partial charge in [0.15, 0.2) is 11.1 Å². The topological polar surface area (TPSA) is 124 Å². The summed E-state index contributed by atoms with van der Waals surface area (Å²) < 4.78 is 12.3. The standard InChI is InChI=1S/C30H35N5O5/c1-39-28(37)30(14-5-15-31-27(30)36)16-22-12-13-24-32-23(17-35(24)34-22)26(25(20-8-9-20)21-10-11-21)33-29(38)40-18-19-6-3-2-4-7-19/h2-4,6-7,12-13,17,20-21,25-26H,5,8-11,14-16,18H2,1H3,(H,31,36)(H,33,38). The molecule has 2 saturated carbocycles. The number of esters is 1. The molecule has 0 radical (unpaired) electrons. The Bertz CT molecular complexity index is 1380. The molecule has 3 fully saturated rings. The van der Waals surface area contributed by atoms with E-state index in [4.69, 9.17) is 19.6 Å². The highest BCUT2D eigenvalue weighted by molar-refractivity contribution is 6.03. The highest BCUT2D eigenvalue weighted by Gasteiger charge is 2.49. The van der Waals surface area contributed by atoms with Crippen molar-refractivity contribution in [3.8, 4) is 0 Å². The largest absolute Gasteiger partial charge is 0.468 e. The van der Waals surface area contributed by atoms with Crippen molar-refractivity contribution in [1.82, 2.24) is 25.2 Å². The van der Waals surface area contributed by atoms with Crippen LogP contribution in [0.2, 0.25) is 0 Å². The first-order chi connectivity index (χ1) is 19.5. The molecule has 6 rings (SSSR count). The molecular weight excluding hydrogens is 510 g/mol. The number of fused-ring (bicyclic) bond motifs is 1. The predicted molar refractivity (Wildman–Crippen MR) is 145 cm³/mol. The summed E-state index contributed by atoms with van der Waals surface area (Å²) in [6.07, 6.45) is 7.25. The molecule has 3 aromatic rings. The van der Waals surface area contributed by atoms with Crippen molar-refractivity contribution in [2.24, 2.45) is 23.2 Å². The summed E-state index contributed by atoms with van der Waals surface area (Å²) in [5.74, 6) is 0.541. The molecule has 40 heavy (non-hydrogen) atoms. The van der Waals surface area contributed by atoms with Crippen LogP contribution in [0, 0.1) is 23.2 Å². The zero-order valence-corrected chi connectivity index (χ0v) is 22.7. The van der Waals surface area contributed by atoms with Gasteiger partial charge in [-0.25, -0.2) is 14.3 Å². The maximum Gasteiger partial charge on any atom is 0.408 e. The quantitative estimate of drug-likeness (QED) is 0.294. The van der Waals surface area contributed by atoms with Gasteiger partial charge in [0.25, 0.3) is 0 Å². The summed E-state index contributed by atoms with van der Waals surface area (Å²) in [5.41, 5.74) is 1.59. The van der Waals surface area contributed by atoms with E-state index in [0.717, 1.165) is 36.9 Å². The number of carbonyl (C=O) groups excluding carboxylic acids is 3. The van der Waals surface area contributed by atoms with Gasteiger partial charge in [-0.05, 0) is 74.0 Å². The van der Waals surface area contributed by atoms with Gasteiger partial charge in [0.05, 0.1) is 30.7 Å². The molecule has 2 atom stereocenters. The molecule has 210 valence electrons. The average molecular weight is 546 g/mol. The van der Waals surface area contributed by atoms with E-state index in [9.17, 15) is 14.4 Å². The fourth-order valence-corrected chi connectivity index (χ4v) is 6.15. The molecule has 3 aliphatic rings. The van der Waals surface area contributed by atoms with Gasteiger partial charge < -0.3 is 20.1 Å². The van der Waals surface area contributed by atoms with Crippen molar-refractivity contribution in [3.63, 3.8) is 0 Å². The van der Waals surface area contributed by atoms with Crippen LogP contribution in [0.1, 0.15) is 61.5 Å². The fourth-order valence-electron chi connectivity index (χ4n) is 6.15. The van der Waals surface area contributed by atoms with Crippen molar-refractivity contribution in [1.29, 1.82) is 0 Å². The second kappa shape index (κ2) is 10.9. The van der Waals surface area contributed by atoms with E-state index in [0.29, 0.717) is 48.5 Å². The molecule has 2 aromatic heterocycles. The summed E-state index contributed by atoms with van der Waals surface area (Å²) in [7, 11) is 1.30. The minimum absolute atomic E-state index is 0.134. The molecule has 2 N–H and O–H groups in total. The lowest BCUT2D eigenvalue weighted by molar-refractivity contribution is -0.161. The molecule has 1 aromatic carbocycles. The van der Waals surface area contributed by atoms with Crippen LogP contribution in [0.3, 0.4) is 0 Å². The third kappa shape index (κ3) is 5.39. The molecule has 0 bridgehead atoms. The number of carbonyl (C=O) groups is 3. The molecule has 10 heteroatoms. The molecule has 1 aliphatic heterocycles. The van der Waals surface area contributed by atoms with Crippen molar-refractivity contribution < 1.29 is 23.9 Å². The first kappa shape index (κ1) is 26.3. The summed E-state index contributed by atoms with van der Waals surface area (Å²) >= 11 is 0. The normalized spacial score (nSPS) is 21.6. The summed E-state index contributed by atoms with van der Waals surface area (Å²) in [4.78, 5) is 43.4. The number of amides is 2. The highest BCUT2D eigenvalue weighted by Crippen LogP contribution is 2.54. The van der Waals surface area contributed by atoms with E-state index >= 15 is 0 Å². The minimum Gasteiger partial charge on any atom is -0.468 e. The number of aromatic nitrogens is 3. The Morgan fingerprint density at radius 3 is 2.55 bits per heavy atom. The van der Waals surface area contributed by atoms with E-state index in [-0.39, 0.29) is 25.0 Å². The number of piperidine rings is 1. The average Bonchev–Trinajstić information content (AvgIpc) is 3.92. The van der Waals surface area contributed by atoms with E-state index in [1.807, 2.05) is 42.6 Å². The summed E-state index contributed by atoms with van der Waals surface area (Å²) in [6.45, 7) is 0.739. The molecule has 1 saturated heterocycles. The Morgan fingerprint density at radius 2 is 1.88 bits per heavy atom. The highest BCUT2D eigenvalue weighted by atomic mass is 16.5. The van der Waals surface area contributed by atoms with Gasteiger partial charge in [-0.15, -0.1) is 0 Å². The Balaban J connectivity index is 1.25. The lowest BCUT2D eigenvalue weighted by Crippen LogP contribution is -2.52. The number of rotatable bonds is 10. The van der Waals surface area contributed by atoms with Gasteiger partial charge >= 0.3 is 12.1 Å². The van der Waals surface area contributed by atoms with Gasteiger partial charge in [-0.2, -0.15) is 5.10 Å². The zero-order chi connectivity index (χ0) is 27.7. The first-order valence-electron chi connectivity index (χ1n) is 14.2. The van der Waals surface area contributed by atoms with Gasteiger partial charge in [0.2, 0.25) is 5.91 Å². The van der Waals surface area contributed by atoms with Crippen molar-refractivity contribution in [3.05, 3.63) is 65.6 Å². The number of imidazole rings is 1. The van der Waals surface area contributed by atoms with Gasteiger partial charge in [-0.1, -0.05) is 30.3 Å². The van der Waals surface area contributed by atoms with Gasteiger partial charge in [-0.3, -0.25) is 9.59 Å². The number of benzene rings is 1. The lowest BCUT2D eigenvalue weighted by Gasteiger charge is -2.33. The Kier molecular flexibility index (Phi) is 7.16. The molecule has 2 amide bonds. The molecular formula is C30H35N5O5. The van der Waals surface area contributed by atoms with Crippen LogP contribution in [0.5, 0.6) is 0 Å². The van der Waals surface area contributed by atoms with Gasteiger partial charge in [0, 0.05) is 13.0 Å². The zero-order valence-electron chi connectivity index (χ0n) is 22.7. The number of ether oxygens (including phenoxy) is 2. The third-order valence-corrected chi connectivity index (χ3v) is 8.48. The van der Waals surface area contributed by atoms with Crippen LogP contribution in [0.25, 0.3) is 5.65 Å².